The lowest BCUT2D eigenvalue weighted by molar-refractivity contribution is 0.0940. The van der Waals surface area contributed by atoms with E-state index in [0.717, 1.165) is 18.4 Å². The molecule has 1 saturated carbocycles. The molecule has 6 nitrogen and oxygen atoms in total. The van der Waals surface area contributed by atoms with Gasteiger partial charge in [0.15, 0.2) is 5.69 Å². The lowest BCUT2D eigenvalue weighted by Gasteiger charge is -2.05. The number of nitrogens with zero attached hydrogens (tertiary/aromatic N) is 2. The normalized spacial score (nSPS) is 13.6. The topological polar surface area (TPSA) is 75.5 Å². The number of carbonyl (C=O) groups is 2. The molecule has 0 atom stereocenters. The first-order valence-electron chi connectivity index (χ1n) is 8.38. The molecule has 2 heterocycles. The zero-order valence-corrected chi connectivity index (χ0v) is 14.9. The lowest BCUT2D eigenvalue weighted by atomic mass is 10.2. The van der Waals surface area contributed by atoms with Crippen LogP contribution in [0, 0.1) is 6.92 Å². The highest BCUT2D eigenvalue weighted by Crippen LogP contribution is 2.22. The Bertz CT molecular complexity index is 1020. The number of fused-ring (bicyclic) bond motifs is 1. The van der Waals surface area contributed by atoms with Crippen molar-refractivity contribution in [1.29, 1.82) is 0 Å². The van der Waals surface area contributed by atoms with Crippen LogP contribution in [0.5, 0.6) is 0 Å². The molecule has 2 aromatic heterocycles. The van der Waals surface area contributed by atoms with Crippen molar-refractivity contribution in [3.8, 4) is 0 Å². The molecule has 3 aromatic rings. The Kier molecular flexibility index (Phi) is 4.12. The zero-order valence-electron chi connectivity index (χ0n) is 14.1. The number of amides is 2. The van der Waals surface area contributed by atoms with Crippen LogP contribution in [0.1, 0.15) is 39.5 Å². The van der Waals surface area contributed by atoms with Gasteiger partial charge in [0.2, 0.25) is 5.82 Å². The van der Waals surface area contributed by atoms with Crippen molar-refractivity contribution in [3.05, 3.63) is 64.7 Å². The molecule has 0 saturated heterocycles. The summed E-state index contributed by atoms with van der Waals surface area (Å²) >= 11 is 6.11. The summed E-state index contributed by atoms with van der Waals surface area (Å²) in [5, 5.41) is 6.27. The van der Waals surface area contributed by atoms with Gasteiger partial charge in [-0.15, -0.1) is 0 Å². The Balaban J connectivity index is 1.67. The van der Waals surface area contributed by atoms with Gasteiger partial charge in [-0.1, -0.05) is 23.7 Å². The molecular formula is C19H17ClN4O2. The molecule has 0 bridgehead atoms. The van der Waals surface area contributed by atoms with Gasteiger partial charge in [-0.2, -0.15) is 0 Å². The van der Waals surface area contributed by atoms with Gasteiger partial charge in [-0.05, 0) is 49.6 Å². The molecule has 0 spiro atoms. The van der Waals surface area contributed by atoms with Gasteiger partial charge in [0.05, 0.1) is 5.52 Å². The standard InChI is InChI=1S/C19H17ClN4O2/c1-11-5-6-13(10-14(11)20)22-18(25)16-15-4-2-3-9-24(15)17(23-16)19(26)21-12-7-8-12/h2-6,9-10,12H,7-8H2,1H3,(H,21,26)(H,22,25). The minimum atomic E-state index is -0.390. The number of benzene rings is 1. The Labute approximate surface area is 155 Å². The summed E-state index contributed by atoms with van der Waals surface area (Å²) in [5.74, 6) is -0.454. The number of anilines is 1. The monoisotopic (exact) mass is 368 g/mol. The second kappa shape index (κ2) is 6.46. The number of hydrogen-bond acceptors (Lipinski definition) is 3. The van der Waals surface area contributed by atoms with E-state index in [0.29, 0.717) is 16.2 Å². The first kappa shape index (κ1) is 16.6. The molecule has 7 heteroatoms. The SMILES string of the molecule is Cc1ccc(NC(=O)c2nc(C(=O)NC3CC3)n3ccccc23)cc1Cl. The number of pyridine rings is 1. The van der Waals surface area contributed by atoms with Gasteiger partial charge in [-0.3, -0.25) is 14.0 Å². The number of carbonyl (C=O) groups excluding carboxylic acids is 2. The molecule has 0 radical (unpaired) electrons. The van der Waals surface area contributed by atoms with Gasteiger partial charge >= 0.3 is 0 Å². The number of imidazole rings is 1. The van der Waals surface area contributed by atoms with Crippen molar-refractivity contribution in [2.24, 2.45) is 0 Å². The minimum Gasteiger partial charge on any atom is -0.347 e. The molecule has 1 aliphatic rings. The molecule has 0 unspecified atom stereocenters. The average molecular weight is 369 g/mol. The molecule has 2 amide bonds. The van der Waals surface area contributed by atoms with Crippen LogP contribution in [0.2, 0.25) is 5.02 Å². The third-order valence-corrected chi connectivity index (χ3v) is 4.72. The van der Waals surface area contributed by atoms with Crippen LogP contribution in [0.4, 0.5) is 5.69 Å². The molecule has 4 rings (SSSR count). The van der Waals surface area contributed by atoms with E-state index in [1.807, 2.05) is 13.0 Å². The van der Waals surface area contributed by atoms with Gasteiger partial charge in [0.1, 0.15) is 0 Å². The first-order chi connectivity index (χ1) is 12.5. The Morgan fingerprint density at radius 3 is 2.73 bits per heavy atom. The van der Waals surface area contributed by atoms with Crippen LogP contribution in [-0.2, 0) is 0 Å². The van der Waals surface area contributed by atoms with Crippen LogP contribution in [0.3, 0.4) is 0 Å². The second-order valence-corrected chi connectivity index (χ2v) is 6.81. The third kappa shape index (κ3) is 3.15. The van der Waals surface area contributed by atoms with Crippen LogP contribution < -0.4 is 10.6 Å². The average Bonchev–Trinajstić information content (AvgIpc) is 3.34. The Hall–Kier alpha value is -2.86. The van der Waals surface area contributed by atoms with Gasteiger partial charge in [0.25, 0.3) is 11.8 Å². The minimum absolute atomic E-state index is 0.197. The highest BCUT2D eigenvalue weighted by Gasteiger charge is 2.27. The number of hydrogen-bond donors (Lipinski definition) is 2. The van der Waals surface area contributed by atoms with Crippen LogP contribution >= 0.6 is 11.6 Å². The molecule has 1 aromatic carbocycles. The van der Waals surface area contributed by atoms with E-state index in [-0.39, 0.29) is 29.4 Å². The smallest absolute Gasteiger partial charge is 0.287 e. The fourth-order valence-electron chi connectivity index (χ4n) is 2.70. The predicted octanol–water partition coefficient (Wildman–Crippen LogP) is 3.44. The van der Waals surface area contributed by atoms with Crippen molar-refractivity contribution in [2.75, 3.05) is 5.32 Å². The van der Waals surface area contributed by atoms with E-state index in [2.05, 4.69) is 15.6 Å². The van der Waals surface area contributed by atoms with E-state index < -0.39 is 0 Å². The molecule has 0 aliphatic heterocycles. The largest absolute Gasteiger partial charge is 0.347 e. The van der Waals surface area contributed by atoms with Gasteiger partial charge in [0, 0.05) is 22.9 Å². The third-order valence-electron chi connectivity index (χ3n) is 4.31. The summed E-state index contributed by atoms with van der Waals surface area (Å²) < 4.78 is 1.63. The number of aryl methyl sites for hydroxylation is 1. The van der Waals surface area contributed by atoms with E-state index in [1.165, 1.54) is 0 Å². The van der Waals surface area contributed by atoms with Crippen molar-refractivity contribution >= 4 is 34.6 Å². The summed E-state index contributed by atoms with van der Waals surface area (Å²) in [7, 11) is 0. The summed E-state index contributed by atoms with van der Waals surface area (Å²) in [4.78, 5) is 29.5. The molecule has 26 heavy (non-hydrogen) atoms. The highest BCUT2D eigenvalue weighted by atomic mass is 35.5. The second-order valence-electron chi connectivity index (χ2n) is 6.41. The molecule has 1 aliphatic carbocycles. The van der Waals surface area contributed by atoms with E-state index >= 15 is 0 Å². The molecular weight excluding hydrogens is 352 g/mol. The zero-order chi connectivity index (χ0) is 18.3. The fourth-order valence-corrected chi connectivity index (χ4v) is 2.88. The Morgan fingerprint density at radius 2 is 2.00 bits per heavy atom. The molecule has 1 fully saturated rings. The van der Waals surface area contributed by atoms with E-state index in [1.54, 1.807) is 40.9 Å². The maximum absolute atomic E-state index is 12.7. The van der Waals surface area contributed by atoms with Crippen molar-refractivity contribution in [2.45, 2.75) is 25.8 Å². The number of rotatable bonds is 4. The van der Waals surface area contributed by atoms with Gasteiger partial charge < -0.3 is 10.6 Å². The maximum Gasteiger partial charge on any atom is 0.287 e. The lowest BCUT2D eigenvalue weighted by Crippen LogP contribution is -2.27. The van der Waals surface area contributed by atoms with Crippen molar-refractivity contribution in [3.63, 3.8) is 0 Å². The molecule has 2 N–H and O–H groups in total. The number of halogens is 1. The number of nitrogens with one attached hydrogen (secondary N) is 2. The maximum atomic E-state index is 12.7. The van der Waals surface area contributed by atoms with Crippen molar-refractivity contribution in [1.82, 2.24) is 14.7 Å². The van der Waals surface area contributed by atoms with Crippen LogP contribution in [0.25, 0.3) is 5.52 Å². The molecule has 132 valence electrons. The van der Waals surface area contributed by atoms with Crippen molar-refractivity contribution < 1.29 is 9.59 Å². The highest BCUT2D eigenvalue weighted by molar-refractivity contribution is 6.31. The van der Waals surface area contributed by atoms with E-state index in [4.69, 9.17) is 11.6 Å². The summed E-state index contributed by atoms with van der Waals surface area (Å²) in [6, 6.07) is 10.9. The van der Waals surface area contributed by atoms with Crippen LogP contribution in [-0.4, -0.2) is 27.2 Å². The Morgan fingerprint density at radius 1 is 1.19 bits per heavy atom. The predicted molar refractivity (Wildman–Crippen MR) is 99.8 cm³/mol. The first-order valence-corrected chi connectivity index (χ1v) is 8.76. The summed E-state index contributed by atoms with van der Waals surface area (Å²) in [5.41, 5.74) is 2.27. The fraction of sp³-hybridized carbons (Fsp3) is 0.211. The summed E-state index contributed by atoms with van der Waals surface area (Å²) in [6.45, 7) is 1.89. The van der Waals surface area contributed by atoms with E-state index in [9.17, 15) is 9.59 Å². The number of aromatic nitrogens is 2. The van der Waals surface area contributed by atoms with Crippen LogP contribution in [0.15, 0.2) is 42.6 Å². The summed E-state index contributed by atoms with van der Waals surface area (Å²) in [6.07, 6.45) is 3.69. The quantitative estimate of drug-likeness (QED) is 0.740. The van der Waals surface area contributed by atoms with Gasteiger partial charge in [-0.25, -0.2) is 4.98 Å².